The first-order chi connectivity index (χ1) is 11.9. The summed E-state index contributed by atoms with van der Waals surface area (Å²) in [7, 11) is -1.42. The lowest BCUT2D eigenvalue weighted by Gasteiger charge is -2.28. The molecular weight excluding hydrogens is 346 g/mol. The number of methoxy groups -OCH3 is 1. The number of carbonyl (C=O) groups is 1. The van der Waals surface area contributed by atoms with Gasteiger partial charge in [0.15, 0.2) is 11.5 Å². The standard InChI is InChI=1S/C16H15N3O5S/c1-19-14(16(21)18-13-5-3-4-8-17-13)15(20)11-7-6-10(24-2)9-12(11)25(19,22)23/h3-9,20H,1-2H3,(H,17,18,21). The summed E-state index contributed by atoms with van der Waals surface area (Å²) in [6, 6.07) is 9.08. The van der Waals surface area contributed by atoms with E-state index in [1.807, 2.05) is 0 Å². The third-order valence-electron chi connectivity index (χ3n) is 3.74. The molecule has 1 aliphatic rings. The average Bonchev–Trinajstić information content (AvgIpc) is 2.61. The first-order valence-electron chi connectivity index (χ1n) is 7.19. The van der Waals surface area contributed by atoms with Crippen molar-refractivity contribution >= 4 is 27.5 Å². The Bertz CT molecular complexity index is 971. The number of aliphatic hydroxyl groups is 1. The molecule has 0 bridgehead atoms. The van der Waals surface area contributed by atoms with E-state index >= 15 is 0 Å². The fourth-order valence-electron chi connectivity index (χ4n) is 2.45. The molecule has 0 saturated carbocycles. The van der Waals surface area contributed by atoms with Gasteiger partial charge in [-0.1, -0.05) is 6.07 Å². The van der Waals surface area contributed by atoms with E-state index in [0.29, 0.717) is 5.75 Å². The van der Waals surface area contributed by atoms with Crippen LogP contribution in [-0.2, 0) is 14.8 Å². The van der Waals surface area contributed by atoms with Gasteiger partial charge in [-0.25, -0.2) is 13.4 Å². The Morgan fingerprint density at radius 2 is 2.04 bits per heavy atom. The van der Waals surface area contributed by atoms with Crippen molar-refractivity contribution in [2.45, 2.75) is 4.90 Å². The van der Waals surface area contributed by atoms with Crippen LogP contribution in [0.25, 0.3) is 5.76 Å². The second kappa shape index (κ2) is 6.10. The number of likely N-dealkylation sites (N-methyl/N-ethyl adjacent to an activating group) is 1. The van der Waals surface area contributed by atoms with E-state index in [-0.39, 0.29) is 22.0 Å². The lowest BCUT2D eigenvalue weighted by Crippen LogP contribution is -2.37. The van der Waals surface area contributed by atoms with Crippen molar-refractivity contribution in [1.82, 2.24) is 9.29 Å². The van der Waals surface area contributed by atoms with Crippen LogP contribution in [0.1, 0.15) is 5.56 Å². The Labute approximate surface area is 144 Å². The van der Waals surface area contributed by atoms with Crippen LogP contribution in [0.15, 0.2) is 53.2 Å². The maximum absolute atomic E-state index is 12.7. The molecule has 2 aromatic rings. The van der Waals surface area contributed by atoms with Gasteiger partial charge in [-0.3, -0.25) is 9.10 Å². The smallest absolute Gasteiger partial charge is 0.277 e. The van der Waals surface area contributed by atoms with Crippen molar-refractivity contribution in [3.05, 3.63) is 53.9 Å². The summed E-state index contributed by atoms with van der Waals surface area (Å²) in [6.07, 6.45) is 1.48. The highest BCUT2D eigenvalue weighted by atomic mass is 32.2. The quantitative estimate of drug-likeness (QED) is 0.859. The minimum Gasteiger partial charge on any atom is -0.505 e. The van der Waals surface area contributed by atoms with Crippen LogP contribution in [-0.4, -0.2) is 42.9 Å². The predicted octanol–water partition coefficient (Wildman–Crippen LogP) is 1.59. The van der Waals surface area contributed by atoms with E-state index in [9.17, 15) is 18.3 Å². The Balaban J connectivity index is 2.11. The van der Waals surface area contributed by atoms with Crippen LogP contribution in [0.5, 0.6) is 5.75 Å². The molecule has 1 amide bonds. The Kier molecular flexibility index (Phi) is 4.09. The highest BCUT2D eigenvalue weighted by Crippen LogP contribution is 2.36. The molecule has 1 aliphatic heterocycles. The van der Waals surface area contributed by atoms with Gasteiger partial charge < -0.3 is 15.2 Å². The summed E-state index contributed by atoms with van der Waals surface area (Å²) < 4.78 is 31.2. The molecule has 2 N–H and O–H groups in total. The lowest BCUT2D eigenvalue weighted by atomic mass is 10.1. The van der Waals surface area contributed by atoms with Crippen molar-refractivity contribution in [3.8, 4) is 5.75 Å². The molecule has 1 aromatic heterocycles. The van der Waals surface area contributed by atoms with E-state index in [0.717, 1.165) is 4.31 Å². The number of anilines is 1. The molecule has 8 nitrogen and oxygen atoms in total. The maximum atomic E-state index is 12.7. The normalized spacial score (nSPS) is 15.5. The number of amides is 1. The number of aromatic nitrogens is 1. The van der Waals surface area contributed by atoms with Gasteiger partial charge in [0.05, 0.1) is 7.11 Å². The number of benzene rings is 1. The van der Waals surface area contributed by atoms with Crippen molar-refractivity contribution in [2.75, 3.05) is 19.5 Å². The van der Waals surface area contributed by atoms with Gasteiger partial charge in [0.1, 0.15) is 16.5 Å². The number of aliphatic hydroxyl groups excluding tert-OH is 1. The highest BCUT2D eigenvalue weighted by Gasteiger charge is 2.38. The molecule has 0 radical (unpaired) electrons. The zero-order valence-corrected chi connectivity index (χ0v) is 14.2. The molecule has 25 heavy (non-hydrogen) atoms. The monoisotopic (exact) mass is 361 g/mol. The number of sulfonamides is 1. The number of fused-ring (bicyclic) bond motifs is 1. The molecule has 0 fully saturated rings. The fourth-order valence-corrected chi connectivity index (χ4v) is 3.86. The maximum Gasteiger partial charge on any atom is 0.277 e. The average molecular weight is 361 g/mol. The molecule has 130 valence electrons. The first kappa shape index (κ1) is 16.8. The summed E-state index contributed by atoms with van der Waals surface area (Å²) in [5.74, 6) is -0.670. The molecular formula is C16H15N3O5S. The Morgan fingerprint density at radius 1 is 1.28 bits per heavy atom. The van der Waals surface area contributed by atoms with Crippen LogP contribution >= 0.6 is 0 Å². The Hall–Kier alpha value is -3.07. The summed E-state index contributed by atoms with van der Waals surface area (Å²) in [5, 5.41) is 13.0. The summed E-state index contributed by atoms with van der Waals surface area (Å²) >= 11 is 0. The number of hydrogen-bond acceptors (Lipinski definition) is 6. The predicted molar refractivity (Wildman–Crippen MR) is 90.4 cm³/mol. The van der Waals surface area contributed by atoms with Crippen LogP contribution < -0.4 is 10.1 Å². The SMILES string of the molecule is COc1ccc2c(c1)S(=O)(=O)N(C)C(C(=O)Nc1ccccn1)=C2O. The largest absolute Gasteiger partial charge is 0.505 e. The zero-order valence-electron chi connectivity index (χ0n) is 13.4. The van der Waals surface area contributed by atoms with Crippen molar-refractivity contribution in [3.63, 3.8) is 0 Å². The number of pyridine rings is 1. The van der Waals surface area contributed by atoms with Gasteiger partial charge in [-0.05, 0) is 24.3 Å². The number of hydrogen-bond donors (Lipinski definition) is 2. The highest BCUT2D eigenvalue weighted by molar-refractivity contribution is 7.89. The van der Waals surface area contributed by atoms with Gasteiger partial charge >= 0.3 is 0 Å². The molecule has 0 atom stereocenters. The van der Waals surface area contributed by atoms with Gasteiger partial charge in [0.25, 0.3) is 15.9 Å². The van der Waals surface area contributed by atoms with E-state index in [4.69, 9.17) is 4.74 Å². The minimum atomic E-state index is -4.02. The molecule has 0 aliphatic carbocycles. The topological polar surface area (TPSA) is 109 Å². The van der Waals surface area contributed by atoms with Crippen LogP contribution in [0.2, 0.25) is 0 Å². The van der Waals surface area contributed by atoms with Crippen LogP contribution in [0.4, 0.5) is 5.82 Å². The number of nitrogens with zero attached hydrogens (tertiary/aromatic N) is 2. The number of rotatable bonds is 3. The molecule has 1 aromatic carbocycles. The number of nitrogens with one attached hydrogen (secondary N) is 1. The number of carbonyl (C=O) groups excluding carboxylic acids is 1. The second-order valence-corrected chi connectivity index (χ2v) is 7.14. The summed E-state index contributed by atoms with van der Waals surface area (Å²) in [6.45, 7) is 0. The molecule has 0 spiro atoms. The summed E-state index contributed by atoms with van der Waals surface area (Å²) in [4.78, 5) is 16.3. The third-order valence-corrected chi connectivity index (χ3v) is 5.54. The van der Waals surface area contributed by atoms with E-state index in [1.54, 1.807) is 18.2 Å². The molecule has 9 heteroatoms. The van der Waals surface area contributed by atoms with Gasteiger partial charge in [0.2, 0.25) is 0 Å². The van der Waals surface area contributed by atoms with Gasteiger partial charge in [0, 0.05) is 24.9 Å². The van der Waals surface area contributed by atoms with Gasteiger partial charge in [-0.2, -0.15) is 0 Å². The third kappa shape index (κ3) is 2.78. The molecule has 0 unspecified atom stereocenters. The lowest BCUT2D eigenvalue weighted by molar-refractivity contribution is -0.113. The number of ether oxygens (including phenoxy) is 1. The first-order valence-corrected chi connectivity index (χ1v) is 8.63. The second-order valence-electron chi connectivity index (χ2n) is 5.20. The van der Waals surface area contributed by atoms with E-state index < -0.39 is 21.7 Å². The van der Waals surface area contributed by atoms with E-state index in [1.165, 1.54) is 38.6 Å². The summed E-state index contributed by atoms with van der Waals surface area (Å²) in [5.41, 5.74) is -0.353. The van der Waals surface area contributed by atoms with Crippen LogP contribution in [0.3, 0.4) is 0 Å². The zero-order chi connectivity index (χ0) is 18.2. The molecule has 0 saturated heterocycles. The van der Waals surface area contributed by atoms with E-state index in [2.05, 4.69) is 10.3 Å². The van der Waals surface area contributed by atoms with Crippen LogP contribution in [0, 0.1) is 0 Å². The van der Waals surface area contributed by atoms with Crippen molar-refractivity contribution < 1.29 is 23.1 Å². The minimum absolute atomic E-state index is 0.0325. The fraction of sp³-hybridized carbons (Fsp3) is 0.125. The Morgan fingerprint density at radius 3 is 2.68 bits per heavy atom. The van der Waals surface area contributed by atoms with Gasteiger partial charge in [-0.15, -0.1) is 0 Å². The molecule has 3 rings (SSSR count). The van der Waals surface area contributed by atoms with Crippen molar-refractivity contribution in [2.24, 2.45) is 0 Å². The van der Waals surface area contributed by atoms with Crippen molar-refractivity contribution in [1.29, 1.82) is 0 Å². The molecule has 2 heterocycles.